The van der Waals surface area contributed by atoms with Crippen LogP contribution in [-0.2, 0) is 13.6 Å². The van der Waals surface area contributed by atoms with Crippen molar-refractivity contribution in [2.45, 2.75) is 40.2 Å². The van der Waals surface area contributed by atoms with Crippen LogP contribution >= 0.6 is 0 Å². The topological polar surface area (TPSA) is 48.5 Å². The predicted molar refractivity (Wildman–Crippen MR) is 84.1 cm³/mol. The zero-order chi connectivity index (χ0) is 15.0. The van der Waals surface area contributed by atoms with Crippen LogP contribution in [0.15, 0.2) is 18.5 Å². The summed E-state index contributed by atoms with van der Waals surface area (Å²) in [5.74, 6) is 0.890. The number of aromatic nitrogens is 5. The molecule has 110 valence electrons. The van der Waals surface area contributed by atoms with E-state index in [-0.39, 0.29) is 0 Å². The van der Waals surface area contributed by atoms with Crippen LogP contribution in [0, 0.1) is 13.8 Å². The number of hydrogen-bond acceptors (Lipinski definition) is 3. The molecule has 0 amide bonds. The van der Waals surface area contributed by atoms with Gasteiger partial charge in [0.2, 0.25) is 0 Å². The molecule has 0 aliphatic heterocycles. The molecule has 0 saturated carbocycles. The monoisotopic (exact) mass is 283 g/mol. The van der Waals surface area contributed by atoms with Gasteiger partial charge in [-0.15, -0.1) is 0 Å². The summed E-state index contributed by atoms with van der Waals surface area (Å²) < 4.78 is 4.03. The molecular weight excluding hydrogens is 262 g/mol. The van der Waals surface area contributed by atoms with E-state index in [9.17, 15) is 0 Å². The summed E-state index contributed by atoms with van der Waals surface area (Å²) in [6.07, 6.45) is 6.01. The van der Waals surface area contributed by atoms with E-state index in [1.165, 1.54) is 10.9 Å². The van der Waals surface area contributed by atoms with E-state index in [1.54, 1.807) is 6.20 Å². The lowest BCUT2D eigenvalue weighted by Crippen LogP contribution is -2.02. The zero-order valence-electron chi connectivity index (χ0n) is 13.1. The van der Waals surface area contributed by atoms with Crippen LogP contribution in [0.25, 0.3) is 22.6 Å². The minimum Gasteiger partial charge on any atom is -0.333 e. The van der Waals surface area contributed by atoms with E-state index >= 15 is 0 Å². The van der Waals surface area contributed by atoms with Gasteiger partial charge in [-0.05, 0) is 31.9 Å². The summed E-state index contributed by atoms with van der Waals surface area (Å²) in [4.78, 5) is 9.23. The molecule has 0 fully saturated rings. The molecule has 0 radical (unpaired) electrons. The maximum atomic E-state index is 4.83. The average Bonchev–Trinajstić information content (AvgIpc) is 3.01. The molecule has 0 aromatic carbocycles. The van der Waals surface area contributed by atoms with Crippen molar-refractivity contribution in [1.82, 2.24) is 24.3 Å². The van der Waals surface area contributed by atoms with Gasteiger partial charge >= 0.3 is 0 Å². The Balaban J connectivity index is 2.19. The second kappa shape index (κ2) is 5.31. The first-order chi connectivity index (χ1) is 10.1. The predicted octanol–water partition coefficient (Wildman–Crippen LogP) is 3.25. The molecule has 0 spiro atoms. The first-order valence-electron chi connectivity index (χ1n) is 7.44. The van der Waals surface area contributed by atoms with E-state index in [0.717, 1.165) is 42.2 Å². The zero-order valence-corrected chi connectivity index (χ0v) is 13.1. The molecule has 0 N–H and O–H groups in total. The second-order valence-corrected chi connectivity index (χ2v) is 5.55. The van der Waals surface area contributed by atoms with Crippen molar-refractivity contribution in [2.24, 2.45) is 7.05 Å². The summed E-state index contributed by atoms with van der Waals surface area (Å²) in [7, 11) is 1.99. The third-order valence-electron chi connectivity index (χ3n) is 3.85. The number of pyridine rings is 1. The Morgan fingerprint density at radius 2 is 2.05 bits per heavy atom. The van der Waals surface area contributed by atoms with E-state index in [0.29, 0.717) is 0 Å². The van der Waals surface area contributed by atoms with Gasteiger partial charge in [0.25, 0.3) is 0 Å². The molecule has 5 heteroatoms. The quantitative estimate of drug-likeness (QED) is 0.738. The Kier molecular flexibility index (Phi) is 3.49. The van der Waals surface area contributed by atoms with Gasteiger partial charge in [-0.25, -0.2) is 14.6 Å². The molecule has 0 unspecified atom stereocenters. The van der Waals surface area contributed by atoms with Crippen molar-refractivity contribution < 1.29 is 0 Å². The molecule has 0 aliphatic rings. The fourth-order valence-corrected chi connectivity index (χ4v) is 2.76. The maximum absolute atomic E-state index is 4.83. The molecule has 0 aliphatic carbocycles. The largest absolute Gasteiger partial charge is 0.333 e. The summed E-state index contributed by atoms with van der Waals surface area (Å²) in [5.41, 5.74) is 4.14. The minimum absolute atomic E-state index is 0.890. The lowest BCUT2D eigenvalue weighted by atomic mass is 10.1. The molecule has 3 aromatic rings. The molecule has 3 aromatic heterocycles. The Labute approximate surface area is 124 Å². The molecule has 3 rings (SSSR count). The summed E-state index contributed by atoms with van der Waals surface area (Å²) in [6.45, 7) is 7.28. The van der Waals surface area contributed by atoms with E-state index in [2.05, 4.69) is 36.9 Å². The third kappa shape index (κ3) is 2.33. The van der Waals surface area contributed by atoms with Gasteiger partial charge in [0.1, 0.15) is 5.69 Å². The van der Waals surface area contributed by atoms with Crippen molar-refractivity contribution in [3.63, 3.8) is 0 Å². The molecule has 0 saturated heterocycles. The van der Waals surface area contributed by atoms with Crippen LogP contribution in [0.1, 0.15) is 31.0 Å². The minimum atomic E-state index is 0.890. The van der Waals surface area contributed by atoms with Crippen molar-refractivity contribution in [1.29, 1.82) is 0 Å². The Morgan fingerprint density at radius 3 is 2.71 bits per heavy atom. The number of imidazole rings is 1. The molecule has 0 bridgehead atoms. The first-order valence-corrected chi connectivity index (χ1v) is 7.44. The van der Waals surface area contributed by atoms with Gasteiger partial charge in [-0.2, -0.15) is 5.10 Å². The highest BCUT2D eigenvalue weighted by atomic mass is 15.3. The van der Waals surface area contributed by atoms with Crippen LogP contribution in [0.5, 0.6) is 0 Å². The molecule has 21 heavy (non-hydrogen) atoms. The van der Waals surface area contributed by atoms with Gasteiger partial charge in [-0.1, -0.05) is 13.3 Å². The molecular formula is C16H21N5. The fourth-order valence-electron chi connectivity index (χ4n) is 2.76. The normalized spacial score (nSPS) is 11.4. The second-order valence-electron chi connectivity index (χ2n) is 5.55. The highest BCUT2D eigenvalue weighted by Gasteiger charge is 2.15. The lowest BCUT2D eigenvalue weighted by Gasteiger charge is -2.06. The van der Waals surface area contributed by atoms with Crippen LogP contribution in [0.2, 0.25) is 0 Å². The summed E-state index contributed by atoms with van der Waals surface area (Å²) in [6, 6.07) is 2.10. The third-order valence-corrected chi connectivity index (χ3v) is 3.85. The van der Waals surface area contributed by atoms with Gasteiger partial charge in [0.15, 0.2) is 11.5 Å². The highest BCUT2D eigenvalue weighted by molar-refractivity contribution is 5.84. The molecule has 5 nitrogen and oxygen atoms in total. The number of fused-ring (bicyclic) bond motifs is 1. The van der Waals surface area contributed by atoms with Crippen molar-refractivity contribution in [3.8, 4) is 11.5 Å². The van der Waals surface area contributed by atoms with E-state index in [4.69, 9.17) is 4.98 Å². The molecule has 3 heterocycles. The number of nitrogens with zero attached hydrogens (tertiary/aromatic N) is 5. The number of unbranched alkanes of at least 4 members (excludes halogenated alkanes) is 1. The Bertz CT molecular complexity index is 781. The van der Waals surface area contributed by atoms with Crippen molar-refractivity contribution in [3.05, 3.63) is 29.7 Å². The molecule has 0 atom stereocenters. The number of rotatable bonds is 4. The summed E-state index contributed by atoms with van der Waals surface area (Å²) >= 11 is 0. The number of hydrogen-bond donors (Lipinski definition) is 0. The fraction of sp³-hybridized carbons (Fsp3) is 0.438. The smallest absolute Gasteiger partial charge is 0.159 e. The summed E-state index contributed by atoms with van der Waals surface area (Å²) in [5, 5.41) is 5.83. The highest BCUT2D eigenvalue weighted by Crippen LogP contribution is 2.25. The van der Waals surface area contributed by atoms with E-state index < -0.39 is 0 Å². The SMILES string of the molecule is CCCCn1nc(C)c2c(C)cc(-c3nccn3C)nc21. The Hall–Kier alpha value is -2.17. The van der Waals surface area contributed by atoms with Crippen LogP contribution in [-0.4, -0.2) is 24.3 Å². The van der Waals surface area contributed by atoms with Gasteiger partial charge < -0.3 is 4.57 Å². The maximum Gasteiger partial charge on any atom is 0.159 e. The van der Waals surface area contributed by atoms with Crippen molar-refractivity contribution in [2.75, 3.05) is 0 Å². The van der Waals surface area contributed by atoms with Gasteiger partial charge in [-0.3, -0.25) is 0 Å². The first kappa shape index (κ1) is 13.8. The number of aryl methyl sites for hydroxylation is 4. The van der Waals surface area contributed by atoms with Crippen LogP contribution in [0.3, 0.4) is 0 Å². The Morgan fingerprint density at radius 1 is 1.24 bits per heavy atom. The van der Waals surface area contributed by atoms with Crippen LogP contribution in [0.4, 0.5) is 0 Å². The standard InChI is InChI=1S/C16H21N5/c1-5-6-8-21-16-14(12(3)19-21)11(2)10-13(18-16)15-17-7-9-20(15)4/h7,9-10H,5-6,8H2,1-4H3. The average molecular weight is 283 g/mol. The lowest BCUT2D eigenvalue weighted by molar-refractivity contribution is 0.580. The van der Waals surface area contributed by atoms with Gasteiger partial charge in [0, 0.05) is 31.4 Å². The van der Waals surface area contributed by atoms with Gasteiger partial charge in [0.05, 0.1) is 5.69 Å². The van der Waals surface area contributed by atoms with Crippen molar-refractivity contribution >= 4 is 11.0 Å². The van der Waals surface area contributed by atoms with Crippen LogP contribution < -0.4 is 0 Å². The van der Waals surface area contributed by atoms with E-state index in [1.807, 2.05) is 22.5 Å².